The van der Waals surface area contributed by atoms with E-state index in [1.165, 1.54) is 0 Å². The molecule has 1 aromatic heterocycles. The molecule has 1 heterocycles. The summed E-state index contributed by atoms with van der Waals surface area (Å²) >= 11 is 0. The fourth-order valence-electron chi connectivity index (χ4n) is 1.95. The van der Waals surface area contributed by atoms with Crippen LogP contribution in [0.4, 0.5) is 0 Å². The highest BCUT2D eigenvalue weighted by Crippen LogP contribution is 2.19. The minimum absolute atomic E-state index is 0. The van der Waals surface area contributed by atoms with Crippen molar-refractivity contribution in [1.29, 1.82) is 0 Å². The van der Waals surface area contributed by atoms with Crippen molar-refractivity contribution in [2.24, 2.45) is 11.1 Å². The standard InChI is InChI=1S/C16H23N5O.ClH/c1-11(18-15(22)14(17)16(2,3)4)13-10-21(20-19-13)12-8-6-5-7-9-12;/h5-11,14H,17H2,1-4H3,(H,18,22);1H/t11?,14-;/m1./s1. The zero-order chi connectivity index (χ0) is 16.3. The largest absolute Gasteiger partial charge is 0.347 e. The van der Waals surface area contributed by atoms with E-state index < -0.39 is 6.04 Å². The Morgan fingerprint density at radius 2 is 1.87 bits per heavy atom. The van der Waals surface area contributed by atoms with E-state index in [0.29, 0.717) is 5.69 Å². The van der Waals surface area contributed by atoms with E-state index in [2.05, 4.69) is 15.6 Å². The summed E-state index contributed by atoms with van der Waals surface area (Å²) in [7, 11) is 0. The Bertz CT molecular complexity index is 635. The molecule has 2 atom stereocenters. The summed E-state index contributed by atoms with van der Waals surface area (Å²) in [6.07, 6.45) is 1.81. The number of carbonyl (C=O) groups is 1. The van der Waals surface area contributed by atoms with E-state index in [1.807, 2.05) is 64.2 Å². The van der Waals surface area contributed by atoms with E-state index in [4.69, 9.17) is 5.73 Å². The van der Waals surface area contributed by atoms with Crippen molar-refractivity contribution >= 4 is 18.3 Å². The van der Waals surface area contributed by atoms with Gasteiger partial charge in [0.15, 0.2) is 0 Å². The zero-order valence-electron chi connectivity index (χ0n) is 13.9. The first-order chi connectivity index (χ1) is 10.3. The Balaban J connectivity index is 0.00000264. The molecular weight excluding hydrogens is 314 g/mol. The first-order valence-electron chi connectivity index (χ1n) is 7.32. The van der Waals surface area contributed by atoms with Gasteiger partial charge in [-0.2, -0.15) is 0 Å². The van der Waals surface area contributed by atoms with Gasteiger partial charge in [0.2, 0.25) is 5.91 Å². The van der Waals surface area contributed by atoms with Crippen LogP contribution in [0.5, 0.6) is 0 Å². The van der Waals surface area contributed by atoms with E-state index in [1.54, 1.807) is 4.68 Å². The molecular formula is C16H24ClN5O. The number of para-hydroxylation sites is 1. The van der Waals surface area contributed by atoms with Crippen LogP contribution >= 0.6 is 12.4 Å². The van der Waals surface area contributed by atoms with Crippen molar-refractivity contribution in [2.75, 3.05) is 0 Å². The Kier molecular flexibility index (Phi) is 6.29. The molecule has 0 spiro atoms. The van der Waals surface area contributed by atoms with Crippen LogP contribution in [-0.2, 0) is 4.79 Å². The SMILES string of the molecule is CC(NC(=O)[C@@H](N)C(C)(C)C)c1cn(-c2ccccc2)nn1.Cl. The molecule has 3 N–H and O–H groups in total. The number of nitrogens with one attached hydrogen (secondary N) is 1. The second kappa shape index (κ2) is 7.57. The maximum atomic E-state index is 12.2. The summed E-state index contributed by atoms with van der Waals surface area (Å²) in [5.41, 5.74) is 7.29. The number of hydrogen-bond donors (Lipinski definition) is 2. The third kappa shape index (κ3) is 4.77. The molecule has 23 heavy (non-hydrogen) atoms. The van der Waals surface area contributed by atoms with Crippen molar-refractivity contribution in [1.82, 2.24) is 20.3 Å². The molecule has 126 valence electrons. The van der Waals surface area contributed by atoms with Gasteiger partial charge in [-0.25, -0.2) is 4.68 Å². The van der Waals surface area contributed by atoms with Gasteiger partial charge in [0.1, 0.15) is 5.69 Å². The average Bonchev–Trinajstić information content (AvgIpc) is 2.96. The van der Waals surface area contributed by atoms with Gasteiger partial charge in [0, 0.05) is 0 Å². The van der Waals surface area contributed by atoms with Gasteiger partial charge >= 0.3 is 0 Å². The number of amides is 1. The summed E-state index contributed by atoms with van der Waals surface area (Å²) in [6, 6.07) is 8.87. The number of carbonyl (C=O) groups excluding carboxylic acids is 1. The monoisotopic (exact) mass is 337 g/mol. The topological polar surface area (TPSA) is 85.8 Å². The van der Waals surface area contributed by atoms with Gasteiger partial charge in [-0.15, -0.1) is 17.5 Å². The van der Waals surface area contributed by atoms with Crippen molar-refractivity contribution in [3.63, 3.8) is 0 Å². The Hall–Kier alpha value is -1.92. The molecule has 0 fully saturated rings. The molecule has 7 heteroatoms. The van der Waals surface area contributed by atoms with E-state index in [0.717, 1.165) is 5.69 Å². The smallest absolute Gasteiger partial charge is 0.237 e. The predicted molar refractivity (Wildman–Crippen MR) is 92.6 cm³/mol. The van der Waals surface area contributed by atoms with Crippen LogP contribution in [0.2, 0.25) is 0 Å². The Morgan fingerprint density at radius 1 is 1.26 bits per heavy atom. The van der Waals surface area contributed by atoms with Gasteiger partial charge < -0.3 is 11.1 Å². The van der Waals surface area contributed by atoms with Gasteiger partial charge in [0.05, 0.1) is 24.0 Å². The van der Waals surface area contributed by atoms with Crippen LogP contribution in [0, 0.1) is 5.41 Å². The van der Waals surface area contributed by atoms with Gasteiger partial charge in [-0.05, 0) is 24.5 Å². The number of nitrogens with zero attached hydrogens (tertiary/aromatic N) is 3. The minimum Gasteiger partial charge on any atom is -0.347 e. The molecule has 1 aromatic carbocycles. The fourth-order valence-corrected chi connectivity index (χ4v) is 1.95. The lowest BCUT2D eigenvalue weighted by Gasteiger charge is -2.26. The van der Waals surface area contributed by atoms with E-state index in [9.17, 15) is 4.79 Å². The summed E-state index contributed by atoms with van der Waals surface area (Å²) < 4.78 is 1.68. The first kappa shape index (κ1) is 19.1. The molecule has 1 amide bonds. The van der Waals surface area contributed by atoms with E-state index in [-0.39, 0.29) is 29.8 Å². The quantitative estimate of drug-likeness (QED) is 0.895. The van der Waals surface area contributed by atoms with E-state index >= 15 is 0 Å². The fraction of sp³-hybridized carbons (Fsp3) is 0.438. The maximum Gasteiger partial charge on any atom is 0.237 e. The van der Waals surface area contributed by atoms with Crippen LogP contribution < -0.4 is 11.1 Å². The summed E-state index contributed by atoms with van der Waals surface area (Å²) in [6.45, 7) is 7.68. The first-order valence-corrected chi connectivity index (χ1v) is 7.32. The van der Waals surface area contributed by atoms with Crippen molar-refractivity contribution in [2.45, 2.75) is 39.8 Å². The molecule has 2 rings (SSSR count). The molecule has 0 bridgehead atoms. The summed E-state index contributed by atoms with van der Waals surface area (Å²) in [5, 5.41) is 11.1. The van der Waals surface area contributed by atoms with Crippen LogP contribution in [0.1, 0.15) is 39.4 Å². The molecule has 6 nitrogen and oxygen atoms in total. The molecule has 0 radical (unpaired) electrons. The summed E-state index contributed by atoms with van der Waals surface area (Å²) in [5.74, 6) is -0.186. The van der Waals surface area contributed by atoms with Crippen LogP contribution in [0.3, 0.4) is 0 Å². The van der Waals surface area contributed by atoms with Crippen LogP contribution in [0.25, 0.3) is 5.69 Å². The maximum absolute atomic E-state index is 12.2. The van der Waals surface area contributed by atoms with Gasteiger partial charge in [-0.3, -0.25) is 4.79 Å². The molecule has 0 aliphatic carbocycles. The molecule has 0 aliphatic heterocycles. The van der Waals surface area contributed by atoms with Gasteiger partial charge in [-0.1, -0.05) is 44.2 Å². The highest BCUT2D eigenvalue weighted by molar-refractivity contribution is 5.85. The number of benzene rings is 1. The molecule has 0 saturated heterocycles. The average molecular weight is 338 g/mol. The lowest BCUT2D eigenvalue weighted by molar-refractivity contribution is -0.125. The highest BCUT2D eigenvalue weighted by Gasteiger charge is 2.28. The molecule has 2 aromatic rings. The second-order valence-electron chi connectivity index (χ2n) is 6.50. The molecule has 1 unspecified atom stereocenters. The minimum atomic E-state index is -0.570. The predicted octanol–water partition coefficient (Wildman–Crippen LogP) is 2.24. The number of rotatable bonds is 4. The van der Waals surface area contributed by atoms with Crippen LogP contribution in [-0.4, -0.2) is 26.9 Å². The van der Waals surface area contributed by atoms with Crippen molar-refractivity contribution in [3.05, 3.63) is 42.2 Å². The highest BCUT2D eigenvalue weighted by atomic mass is 35.5. The molecule has 0 aliphatic rings. The number of hydrogen-bond acceptors (Lipinski definition) is 4. The van der Waals surface area contributed by atoms with Crippen molar-refractivity contribution in [3.8, 4) is 5.69 Å². The number of halogens is 1. The zero-order valence-corrected chi connectivity index (χ0v) is 14.7. The number of nitrogens with two attached hydrogens (primary N) is 1. The van der Waals surface area contributed by atoms with Gasteiger partial charge in [0.25, 0.3) is 0 Å². The summed E-state index contributed by atoms with van der Waals surface area (Å²) in [4.78, 5) is 12.2. The lowest BCUT2D eigenvalue weighted by atomic mass is 9.87. The Labute approximate surface area is 142 Å². The second-order valence-corrected chi connectivity index (χ2v) is 6.50. The van der Waals surface area contributed by atoms with Crippen LogP contribution in [0.15, 0.2) is 36.5 Å². The normalized spacial score (nSPS) is 13.8. The molecule has 0 saturated carbocycles. The lowest BCUT2D eigenvalue weighted by Crippen LogP contribution is -2.49. The third-order valence-corrected chi connectivity index (χ3v) is 3.55. The van der Waals surface area contributed by atoms with Crippen molar-refractivity contribution < 1.29 is 4.79 Å². The Morgan fingerprint density at radius 3 is 2.43 bits per heavy atom. The third-order valence-electron chi connectivity index (χ3n) is 3.55. The number of aromatic nitrogens is 3.